The molecule has 1 N–H and O–H groups in total. The molecule has 0 spiro atoms. The van der Waals surface area contributed by atoms with Gasteiger partial charge in [0.15, 0.2) is 12.4 Å². The number of ketones is 1. The summed E-state index contributed by atoms with van der Waals surface area (Å²) in [5.74, 6) is 0.429. The molecule has 0 saturated heterocycles. The van der Waals surface area contributed by atoms with Crippen molar-refractivity contribution in [2.45, 2.75) is 39.0 Å². The summed E-state index contributed by atoms with van der Waals surface area (Å²) in [6.07, 6.45) is 5.49. The first kappa shape index (κ1) is 17.6. The summed E-state index contributed by atoms with van der Waals surface area (Å²) in [6, 6.07) is 6.79. The topological polar surface area (TPSA) is 68.3 Å². The molecular weight excluding hydrogens is 336 g/mol. The minimum atomic E-state index is -0.156. The highest BCUT2D eigenvalue weighted by Gasteiger charge is 2.15. The molecular formula is C19H22N2O3S. The minimum Gasteiger partial charge on any atom is -0.484 e. The Hall–Kier alpha value is -2.21. The molecule has 2 aromatic rings. The summed E-state index contributed by atoms with van der Waals surface area (Å²) in [4.78, 5) is 29.2. The molecule has 0 unspecified atom stereocenters. The summed E-state index contributed by atoms with van der Waals surface area (Å²) < 4.78 is 5.44. The van der Waals surface area contributed by atoms with Crippen LogP contribution < -0.4 is 10.1 Å². The number of carbonyl (C=O) groups excluding carboxylic acids is 2. The maximum atomic E-state index is 11.9. The monoisotopic (exact) mass is 358 g/mol. The number of nitrogens with one attached hydrogen (secondary N) is 1. The predicted molar refractivity (Wildman–Crippen MR) is 97.4 cm³/mol. The molecule has 0 saturated carbocycles. The molecule has 1 heterocycles. The Morgan fingerprint density at radius 1 is 1.20 bits per heavy atom. The van der Waals surface area contributed by atoms with Crippen molar-refractivity contribution < 1.29 is 14.3 Å². The van der Waals surface area contributed by atoms with E-state index in [1.54, 1.807) is 35.6 Å². The number of amides is 1. The Morgan fingerprint density at radius 2 is 1.96 bits per heavy atom. The smallest absolute Gasteiger partial charge is 0.257 e. The van der Waals surface area contributed by atoms with Crippen molar-refractivity contribution in [3.05, 3.63) is 45.4 Å². The van der Waals surface area contributed by atoms with Gasteiger partial charge in [-0.1, -0.05) is 0 Å². The molecule has 0 bridgehead atoms. The molecule has 0 atom stereocenters. The van der Waals surface area contributed by atoms with Gasteiger partial charge in [-0.2, -0.15) is 0 Å². The van der Waals surface area contributed by atoms with Crippen LogP contribution in [0.4, 0.5) is 0 Å². The number of nitrogens with zero attached hydrogens (tertiary/aromatic N) is 1. The van der Waals surface area contributed by atoms with Crippen LogP contribution in [0, 0.1) is 0 Å². The Morgan fingerprint density at radius 3 is 2.68 bits per heavy atom. The first-order chi connectivity index (χ1) is 12.1. The lowest BCUT2D eigenvalue weighted by molar-refractivity contribution is -0.123. The van der Waals surface area contributed by atoms with Crippen LogP contribution in [0.25, 0.3) is 0 Å². The number of aromatic nitrogens is 1. The molecule has 1 aliphatic rings. The number of hydrogen-bond acceptors (Lipinski definition) is 5. The van der Waals surface area contributed by atoms with Crippen LogP contribution in [0.15, 0.2) is 24.3 Å². The molecule has 0 aliphatic heterocycles. The maximum absolute atomic E-state index is 11.9. The van der Waals surface area contributed by atoms with E-state index in [9.17, 15) is 9.59 Å². The standard InChI is InChI=1S/C19H22N2O3S/c1-13(22)14-6-8-15(9-7-14)24-12-18(23)20-11-10-19-21-16-4-2-3-5-17(16)25-19/h6-9H,2-5,10-12H2,1H3,(H,20,23). The van der Waals surface area contributed by atoms with E-state index in [0.29, 0.717) is 17.9 Å². The first-order valence-electron chi connectivity index (χ1n) is 8.60. The normalized spacial score (nSPS) is 13.2. The number of ether oxygens (including phenoxy) is 1. The maximum Gasteiger partial charge on any atom is 0.257 e. The molecule has 1 amide bonds. The zero-order valence-corrected chi connectivity index (χ0v) is 15.2. The SMILES string of the molecule is CC(=O)c1ccc(OCC(=O)NCCc2nc3c(s2)CCCC3)cc1. The van der Waals surface area contributed by atoms with Crippen LogP contribution >= 0.6 is 11.3 Å². The van der Waals surface area contributed by atoms with Crippen molar-refractivity contribution in [2.24, 2.45) is 0 Å². The fraction of sp³-hybridized carbons (Fsp3) is 0.421. The third-order valence-corrected chi connectivity index (χ3v) is 5.40. The molecule has 1 aromatic heterocycles. The molecule has 132 valence electrons. The highest BCUT2D eigenvalue weighted by atomic mass is 32.1. The van der Waals surface area contributed by atoms with Gasteiger partial charge >= 0.3 is 0 Å². The molecule has 0 fully saturated rings. The van der Waals surface area contributed by atoms with E-state index in [1.807, 2.05) is 0 Å². The predicted octanol–water partition coefficient (Wildman–Crippen LogP) is 2.96. The van der Waals surface area contributed by atoms with E-state index < -0.39 is 0 Å². The summed E-state index contributed by atoms with van der Waals surface area (Å²) in [7, 11) is 0. The summed E-state index contributed by atoms with van der Waals surface area (Å²) in [5, 5.41) is 3.96. The van der Waals surface area contributed by atoms with Gasteiger partial charge in [-0.05, 0) is 56.9 Å². The highest BCUT2D eigenvalue weighted by Crippen LogP contribution is 2.26. The van der Waals surface area contributed by atoms with E-state index >= 15 is 0 Å². The minimum absolute atomic E-state index is 0.00755. The van der Waals surface area contributed by atoms with Crippen LogP contribution in [-0.4, -0.2) is 29.8 Å². The van der Waals surface area contributed by atoms with Crippen molar-refractivity contribution in [1.82, 2.24) is 10.3 Å². The Kier molecular flexibility index (Phi) is 5.81. The number of aryl methyl sites for hydroxylation is 2. The van der Waals surface area contributed by atoms with Crippen molar-refractivity contribution in [2.75, 3.05) is 13.2 Å². The number of carbonyl (C=O) groups is 2. The van der Waals surface area contributed by atoms with Crippen molar-refractivity contribution in [3.8, 4) is 5.75 Å². The number of thiazole rings is 1. The number of rotatable bonds is 7. The fourth-order valence-corrected chi connectivity index (χ4v) is 3.96. The van der Waals surface area contributed by atoms with Crippen molar-refractivity contribution in [3.63, 3.8) is 0 Å². The summed E-state index contributed by atoms with van der Waals surface area (Å²) >= 11 is 1.78. The third kappa shape index (κ3) is 4.89. The van der Waals surface area contributed by atoms with Gasteiger partial charge < -0.3 is 10.1 Å². The van der Waals surface area contributed by atoms with Gasteiger partial charge in [0.1, 0.15) is 5.75 Å². The number of benzene rings is 1. The van der Waals surface area contributed by atoms with Gasteiger partial charge in [0.05, 0.1) is 10.7 Å². The van der Waals surface area contributed by atoms with E-state index in [2.05, 4.69) is 10.3 Å². The fourth-order valence-electron chi connectivity index (χ4n) is 2.81. The Labute approximate surface area is 151 Å². The van der Waals surface area contributed by atoms with Crippen LogP contribution in [-0.2, 0) is 24.1 Å². The molecule has 0 radical (unpaired) electrons. The average Bonchev–Trinajstić information content (AvgIpc) is 3.03. The van der Waals surface area contributed by atoms with E-state index in [4.69, 9.17) is 4.74 Å². The van der Waals surface area contributed by atoms with Gasteiger partial charge in [0.25, 0.3) is 5.91 Å². The van der Waals surface area contributed by atoms with Gasteiger partial charge in [-0.25, -0.2) is 4.98 Å². The van der Waals surface area contributed by atoms with Gasteiger partial charge in [0.2, 0.25) is 0 Å². The molecule has 1 aromatic carbocycles. The summed E-state index contributed by atoms with van der Waals surface area (Å²) in [5.41, 5.74) is 1.89. The first-order valence-corrected chi connectivity index (χ1v) is 9.41. The van der Waals surface area contributed by atoms with E-state index in [0.717, 1.165) is 24.3 Å². The highest BCUT2D eigenvalue weighted by molar-refractivity contribution is 7.11. The van der Waals surface area contributed by atoms with Crippen LogP contribution in [0.1, 0.15) is 45.7 Å². The molecule has 6 heteroatoms. The Bertz CT molecular complexity index is 729. The number of hydrogen-bond donors (Lipinski definition) is 1. The number of fused-ring (bicyclic) bond motifs is 1. The quantitative estimate of drug-likeness (QED) is 0.773. The van der Waals surface area contributed by atoms with Crippen LogP contribution in [0.5, 0.6) is 5.75 Å². The zero-order valence-electron chi connectivity index (χ0n) is 14.3. The molecule has 3 rings (SSSR count). The van der Waals surface area contributed by atoms with Gasteiger partial charge in [0, 0.05) is 23.4 Å². The third-order valence-electron chi connectivity index (χ3n) is 4.18. The molecule has 1 aliphatic carbocycles. The van der Waals surface area contributed by atoms with Gasteiger partial charge in [-0.15, -0.1) is 11.3 Å². The molecule has 25 heavy (non-hydrogen) atoms. The second-order valence-corrected chi connectivity index (χ2v) is 7.32. The van der Waals surface area contributed by atoms with Gasteiger partial charge in [-0.3, -0.25) is 9.59 Å². The Balaban J connectivity index is 1.39. The van der Waals surface area contributed by atoms with Crippen molar-refractivity contribution in [1.29, 1.82) is 0 Å². The van der Waals surface area contributed by atoms with Crippen LogP contribution in [0.2, 0.25) is 0 Å². The second-order valence-electron chi connectivity index (χ2n) is 6.15. The van der Waals surface area contributed by atoms with E-state index in [1.165, 1.54) is 30.3 Å². The number of Topliss-reactive ketones (excluding diaryl/α,β-unsaturated/α-hetero) is 1. The lowest BCUT2D eigenvalue weighted by atomic mass is 10.0. The lowest BCUT2D eigenvalue weighted by Gasteiger charge is -2.07. The lowest BCUT2D eigenvalue weighted by Crippen LogP contribution is -2.30. The second kappa shape index (κ2) is 8.25. The van der Waals surface area contributed by atoms with Crippen molar-refractivity contribution >= 4 is 23.0 Å². The zero-order chi connectivity index (χ0) is 17.6. The van der Waals surface area contributed by atoms with E-state index in [-0.39, 0.29) is 18.3 Å². The van der Waals surface area contributed by atoms with Crippen LogP contribution in [0.3, 0.4) is 0 Å². The average molecular weight is 358 g/mol. The largest absolute Gasteiger partial charge is 0.484 e. The molecule has 5 nitrogen and oxygen atoms in total. The summed E-state index contributed by atoms with van der Waals surface area (Å²) in [6.45, 7) is 2.05.